The van der Waals surface area contributed by atoms with E-state index < -0.39 is 0 Å². The summed E-state index contributed by atoms with van der Waals surface area (Å²) >= 11 is 0. The number of benzene rings is 1. The van der Waals surface area contributed by atoms with E-state index >= 15 is 0 Å². The normalized spacial score (nSPS) is 10.3. The molecule has 0 heterocycles. The molecule has 0 atom stereocenters. The summed E-state index contributed by atoms with van der Waals surface area (Å²) in [6, 6.07) is 6.47. The standard InChI is InChI=1S/C20H28O5/c1-2-15-24-19(22)9-7-5-3-4-6-8-10-20(23)25-18-13-11-17(16-21)12-14-18/h11-14,16H,2-10,15H2,1H3. The first-order chi connectivity index (χ1) is 12.2. The summed E-state index contributed by atoms with van der Waals surface area (Å²) in [7, 11) is 0. The molecule has 0 bridgehead atoms. The number of hydrogen-bond donors (Lipinski definition) is 0. The van der Waals surface area contributed by atoms with Gasteiger partial charge in [0.15, 0.2) is 0 Å². The Kier molecular flexibility index (Phi) is 11.0. The molecule has 1 rings (SSSR count). The summed E-state index contributed by atoms with van der Waals surface area (Å²) in [5.74, 6) is 0.105. The molecule has 0 aliphatic rings. The van der Waals surface area contributed by atoms with Gasteiger partial charge in [0.1, 0.15) is 12.0 Å². The summed E-state index contributed by atoms with van der Waals surface area (Å²) in [5.41, 5.74) is 0.554. The van der Waals surface area contributed by atoms with Gasteiger partial charge < -0.3 is 9.47 Å². The highest BCUT2D eigenvalue weighted by atomic mass is 16.5. The first-order valence-corrected chi connectivity index (χ1v) is 9.07. The smallest absolute Gasteiger partial charge is 0.311 e. The van der Waals surface area contributed by atoms with Gasteiger partial charge in [-0.05, 0) is 43.5 Å². The van der Waals surface area contributed by atoms with Crippen LogP contribution in [0.3, 0.4) is 0 Å². The molecule has 0 aliphatic heterocycles. The Bertz CT molecular complexity index is 521. The van der Waals surface area contributed by atoms with Crippen LogP contribution in [0.25, 0.3) is 0 Å². The number of unbranched alkanes of at least 4 members (excludes halogenated alkanes) is 5. The Morgan fingerprint density at radius 1 is 0.880 bits per heavy atom. The highest BCUT2D eigenvalue weighted by Gasteiger charge is 2.05. The number of carbonyl (C=O) groups excluding carboxylic acids is 3. The van der Waals surface area contributed by atoms with Crippen LogP contribution in [-0.4, -0.2) is 24.8 Å². The maximum atomic E-state index is 11.7. The van der Waals surface area contributed by atoms with Crippen molar-refractivity contribution in [3.63, 3.8) is 0 Å². The molecule has 0 spiro atoms. The first-order valence-electron chi connectivity index (χ1n) is 9.07. The second-order valence-electron chi connectivity index (χ2n) is 6.00. The van der Waals surface area contributed by atoms with Crippen molar-refractivity contribution in [2.45, 2.75) is 64.7 Å². The third-order valence-electron chi connectivity index (χ3n) is 3.73. The van der Waals surface area contributed by atoms with Crippen molar-refractivity contribution < 1.29 is 23.9 Å². The van der Waals surface area contributed by atoms with Gasteiger partial charge in [-0.15, -0.1) is 0 Å². The number of rotatable bonds is 13. The maximum Gasteiger partial charge on any atom is 0.311 e. The van der Waals surface area contributed by atoms with Gasteiger partial charge in [0.2, 0.25) is 0 Å². The quantitative estimate of drug-likeness (QED) is 0.227. The van der Waals surface area contributed by atoms with E-state index in [1.807, 2.05) is 6.92 Å². The maximum absolute atomic E-state index is 11.7. The van der Waals surface area contributed by atoms with Gasteiger partial charge in [0, 0.05) is 18.4 Å². The molecular formula is C20H28O5. The molecule has 0 saturated carbocycles. The van der Waals surface area contributed by atoms with Crippen LogP contribution in [0.1, 0.15) is 75.1 Å². The minimum absolute atomic E-state index is 0.106. The summed E-state index contributed by atoms with van der Waals surface area (Å²) in [6.07, 6.45) is 8.24. The third-order valence-corrected chi connectivity index (χ3v) is 3.73. The number of hydrogen-bond acceptors (Lipinski definition) is 5. The Hall–Kier alpha value is -2.17. The lowest BCUT2D eigenvalue weighted by molar-refractivity contribution is -0.143. The van der Waals surface area contributed by atoms with Crippen molar-refractivity contribution in [3.05, 3.63) is 29.8 Å². The lowest BCUT2D eigenvalue weighted by Gasteiger charge is -2.05. The van der Waals surface area contributed by atoms with Crippen LogP contribution in [0, 0.1) is 0 Å². The van der Waals surface area contributed by atoms with Gasteiger partial charge in [-0.25, -0.2) is 0 Å². The van der Waals surface area contributed by atoms with Crippen LogP contribution in [-0.2, 0) is 14.3 Å². The Balaban J connectivity index is 1.99. The SMILES string of the molecule is CCCOC(=O)CCCCCCCCC(=O)Oc1ccc(C=O)cc1. The van der Waals surface area contributed by atoms with Gasteiger partial charge in [-0.1, -0.05) is 32.6 Å². The molecule has 138 valence electrons. The fourth-order valence-electron chi connectivity index (χ4n) is 2.33. The predicted octanol–water partition coefficient (Wildman–Crippen LogP) is 4.48. The summed E-state index contributed by atoms with van der Waals surface area (Å²) in [6.45, 7) is 2.49. The molecule has 0 amide bonds. The first kappa shape index (κ1) is 20.9. The molecule has 1 aromatic rings. The van der Waals surface area contributed by atoms with Crippen molar-refractivity contribution in [2.24, 2.45) is 0 Å². The average Bonchev–Trinajstić information content (AvgIpc) is 2.62. The zero-order valence-corrected chi connectivity index (χ0v) is 15.0. The van der Waals surface area contributed by atoms with Gasteiger partial charge >= 0.3 is 11.9 Å². The largest absolute Gasteiger partial charge is 0.466 e. The Morgan fingerprint density at radius 3 is 2.00 bits per heavy atom. The van der Waals surface area contributed by atoms with E-state index in [4.69, 9.17) is 9.47 Å². The van der Waals surface area contributed by atoms with E-state index in [9.17, 15) is 14.4 Å². The van der Waals surface area contributed by atoms with E-state index in [-0.39, 0.29) is 11.9 Å². The molecule has 25 heavy (non-hydrogen) atoms. The molecule has 0 aromatic heterocycles. The summed E-state index contributed by atoms with van der Waals surface area (Å²) < 4.78 is 10.2. The highest BCUT2D eigenvalue weighted by Crippen LogP contribution is 2.14. The Labute approximate surface area is 149 Å². The summed E-state index contributed by atoms with van der Waals surface area (Å²) in [4.78, 5) is 33.6. The highest BCUT2D eigenvalue weighted by molar-refractivity contribution is 5.76. The van der Waals surface area contributed by atoms with Crippen molar-refractivity contribution >= 4 is 18.2 Å². The van der Waals surface area contributed by atoms with Crippen LogP contribution in [0.4, 0.5) is 0 Å². The van der Waals surface area contributed by atoms with Gasteiger partial charge in [0.05, 0.1) is 6.61 Å². The van der Waals surface area contributed by atoms with Gasteiger partial charge in [0.25, 0.3) is 0 Å². The monoisotopic (exact) mass is 348 g/mol. The molecule has 0 saturated heterocycles. The Morgan fingerprint density at radius 2 is 1.44 bits per heavy atom. The molecular weight excluding hydrogens is 320 g/mol. The van der Waals surface area contributed by atoms with E-state index in [0.29, 0.717) is 30.8 Å². The van der Waals surface area contributed by atoms with Crippen molar-refractivity contribution in [3.8, 4) is 5.75 Å². The van der Waals surface area contributed by atoms with Crippen LogP contribution >= 0.6 is 0 Å². The van der Waals surface area contributed by atoms with Gasteiger partial charge in [-0.2, -0.15) is 0 Å². The minimum atomic E-state index is -0.252. The van der Waals surface area contributed by atoms with E-state index in [1.165, 1.54) is 0 Å². The number of carbonyl (C=O) groups is 3. The van der Waals surface area contributed by atoms with Crippen LogP contribution in [0.5, 0.6) is 5.75 Å². The van der Waals surface area contributed by atoms with E-state index in [0.717, 1.165) is 51.2 Å². The molecule has 5 nitrogen and oxygen atoms in total. The van der Waals surface area contributed by atoms with Crippen molar-refractivity contribution in [2.75, 3.05) is 6.61 Å². The molecule has 0 N–H and O–H groups in total. The van der Waals surface area contributed by atoms with Crippen LogP contribution < -0.4 is 4.74 Å². The lowest BCUT2D eigenvalue weighted by Crippen LogP contribution is -2.07. The molecule has 0 unspecified atom stereocenters. The zero-order valence-electron chi connectivity index (χ0n) is 15.0. The van der Waals surface area contributed by atoms with E-state index in [1.54, 1.807) is 24.3 Å². The second-order valence-corrected chi connectivity index (χ2v) is 6.00. The fourth-order valence-corrected chi connectivity index (χ4v) is 2.33. The fraction of sp³-hybridized carbons (Fsp3) is 0.550. The van der Waals surface area contributed by atoms with E-state index in [2.05, 4.69) is 0 Å². The van der Waals surface area contributed by atoms with Crippen LogP contribution in [0.2, 0.25) is 0 Å². The molecule has 0 radical (unpaired) electrons. The summed E-state index contributed by atoms with van der Waals surface area (Å²) in [5, 5.41) is 0. The van der Waals surface area contributed by atoms with Crippen LogP contribution in [0.15, 0.2) is 24.3 Å². The van der Waals surface area contributed by atoms with Gasteiger partial charge in [-0.3, -0.25) is 14.4 Å². The molecule has 1 aromatic carbocycles. The number of aldehydes is 1. The zero-order chi connectivity index (χ0) is 18.3. The van der Waals surface area contributed by atoms with Crippen molar-refractivity contribution in [1.82, 2.24) is 0 Å². The lowest BCUT2D eigenvalue weighted by atomic mass is 10.1. The average molecular weight is 348 g/mol. The molecule has 5 heteroatoms. The number of esters is 2. The minimum Gasteiger partial charge on any atom is -0.466 e. The third kappa shape index (κ3) is 10.3. The van der Waals surface area contributed by atoms with Crippen molar-refractivity contribution in [1.29, 1.82) is 0 Å². The predicted molar refractivity (Wildman–Crippen MR) is 95.7 cm³/mol. The second kappa shape index (κ2) is 13.2. The number of ether oxygens (including phenoxy) is 2. The molecule has 0 aliphatic carbocycles. The topological polar surface area (TPSA) is 69.7 Å². The molecule has 0 fully saturated rings.